The Balaban J connectivity index is 1.71. The van der Waals surface area contributed by atoms with E-state index in [1.165, 1.54) is 36.7 Å². The summed E-state index contributed by atoms with van der Waals surface area (Å²) in [4.78, 5) is 15.0. The van der Waals surface area contributed by atoms with Crippen molar-refractivity contribution < 1.29 is 13.9 Å². The number of hydrogen-bond acceptors (Lipinski definition) is 2. The first kappa shape index (κ1) is 13.1. The fourth-order valence-corrected chi connectivity index (χ4v) is 2.10. The zero-order valence-electron chi connectivity index (χ0n) is 11.0. The minimum atomic E-state index is -0.299. The van der Waals surface area contributed by atoms with Crippen molar-refractivity contribution in [2.45, 2.75) is 6.54 Å². The molecule has 1 amide bonds. The molecule has 0 fully saturated rings. The molecule has 0 atom stereocenters. The second-order valence-electron chi connectivity index (χ2n) is 4.66. The zero-order valence-corrected chi connectivity index (χ0v) is 11.0. The first-order valence-electron chi connectivity index (χ1n) is 6.36. The Bertz CT molecular complexity index is 796. The van der Waals surface area contributed by atoms with Crippen LogP contribution in [-0.2, 0) is 6.54 Å². The van der Waals surface area contributed by atoms with Crippen LogP contribution in [0.1, 0.15) is 16.1 Å². The number of fused-ring (bicyclic) bond motifs is 1. The maximum Gasteiger partial charge on any atom is 0.252 e. The molecule has 3 aromatic rings. The van der Waals surface area contributed by atoms with Gasteiger partial charge in [-0.25, -0.2) is 4.39 Å². The Morgan fingerprint density at radius 3 is 2.76 bits per heavy atom. The van der Waals surface area contributed by atoms with Crippen LogP contribution in [0.5, 0.6) is 0 Å². The summed E-state index contributed by atoms with van der Waals surface area (Å²) in [6, 6.07) is 9.14. The van der Waals surface area contributed by atoms with E-state index >= 15 is 0 Å². The van der Waals surface area contributed by atoms with Gasteiger partial charge in [0.15, 0.2) is 12.4 Å². The Kier molecular flexibility index (Phi) is 3.27. The number of carbonyl (C=O) groups is 1. The van der Waals surface area contributed by atoms with Gasteiger partial charge in [-0.3, -0.25) is 4.79 Å². The third kappa shape index (κ3) is 2.84. The van der Waals surface area contributed by atoms with Crippen molar-refractivity contribution in [3.05, 3.63) is 71.1 Å². The molecule has 6 heteroatoms. The SMILES string of the molecule is O=C(NCc1cc2cc(F)ccc2[nH]1)c1cc[n+]([O-])cc1. The van der Waals surface area contributed by atoms with Gasteiger partial charge in [0.25, 0.3) is 5.91 Å². The molecule has 0 unspecified atom stereocenters. The van der Waals surface area contributed by atoms with Crippen LogP contribution in [0.15, 0.2) is 48.8 Å². The molecule has 0 aliphatic heterocycles. The van der Waals surface area contributed by atoms with Gasteiger partial charge in [0.2, 0.25) is 0 Å². The van der Waals surface area contributed by atoms with Crippen LogP contribution in [0.2, 0.25) is 0 Å². The van der Waals surface area contributed by atoms with Gasteiger partial charge in [-0.2, -0.15) is 4.73 Å². The standard InChI is InChI=1S/C15H12FN3O2/c16-12-1-2-14-11(7-12)8-13(18-14)9-17-15(20)10-3-5-19(21)6-4-10/h1-8,18H,9H2,(H,17,20). The van der Waals surface area contributed by atoms with Gasteiger partial charge in [-0.15, -0.1) is 0 Å². The van der Waals surface area contributed by atoms with E-state index in [2.05, 4.69) is 10.3 Å². The van der Waals surface area contributed by atoms with E-state index in [9.17, 15) is 14.4 Å². The average Bonchev–Trinajstić information content (AvgIpc) is 2.87. The van der Waals surface area contributed by atoms with Crippen LogP contribution in [0.4, 0.5) is 4.39 Å². The Morgan fingerprint density at radius 2 is 2.00 bits per heavy atom. The van der Waals surface area contributed by atoms with E-state index in [-0.39, 0.29) is 11.7 Å². The third-order valence-corrected chi connectivity index (χ3v) is 3.14. The molecule has 0 bridgehead atoms. The molecule has 0 saturated carbocycles. The predicted octanol–water partition coefficient (Wildman–Crippen LogP) is 1.87. The molecule has 0 aliphatic rings. The monoisotopic (exact) mass is 285 g/mol. The average molecular weight is 285 g/mol. The topological polar surface area (TPSA) is 71.8 Å². The van der Waals surface area contributed by atoms with E-state index in [0.29, 0.717) is 16.8 Å². The molecule has 3 rings (SSSR count). The normalized spacial score (nSPS) is 10.7. The predicted molar refractivity (Wildman–Crippen MR) is 74.8 cm³/mol. The number of pyridine rings is 1. The fourth-order valence-electron chi connectivity index (χ4n) is 2.10. The molecule has 0 aliphatic carbocycles. The second kappa shape index (κ2) is 5.24. The number of benzene rings is 1. The molecular weight excluding hydrogens is 273 g/mol. The molecule has 0 saturated heterocycles. The van der Waals surface area contributed by atoms with Crippen molar-refractivity contribution in [2.75, 3.05) is 0 Å². The molecule has 2 aromatic heterocycles. The highest BCUT2D eigenvalue weighted by molar-refractivity contribution is 5.93. The maximum atomic E-state index is 13.1. The van der Waals surface area contributed by atoms with Crippen molar-refractivity contribution in [3.8, 4) is 0 Å². The first-order valence-corrected chi connectivity index (χ1v) is 6.36. The van der Waals surface area contributed by atoms with Gasteiger partial charge < -0.3 is 15.5 Å². The van der Waals surface area contributed by atoms with Gasteiger partial charge in [-0.05, 0) is 24.3 Å². The van der Waals surface area contributed by atoms with Crippen molar-refractivity contribution in [3.63, 3.8) is 0 Å². The van der Waals surface area contributed by atoms with Crippen molar-refractivity contribution in [1.29, 1.82) is 0 Å². The van der Waals surface area contributed by atoms with Crippen LogP contribution < -0.4 is 10.0 Å². The number of H-pyrrole nitrogens is 1. The van der Waals surface area contributed by atoms with E-state index in [4.69, 9.17) is 0 Å². The van der Waals surface area contributed by atoms with Gasteiger partial charge in [-0.1, -0.05) is 0 Å². The number of amides is 1. The summed E-state index contributed by atoms with van der Waals surface area (Å²) in [5, 5.41) is 14.4. The molecule has 0 spiro atoms. The zero-order chi connectivity index (χ0) is 14.8. The number of nitrogens with zero attached hydrogens (tertiary/aromatic N) is 1. The third-order valence-electron chi connectivity index (χ3n) is 3.14. The number of nitrogens with one attached hydrogen (secondary N) is 2. The minimum Gasteiger partial charge on any atom is -0.619 e. The highest BCUT2D eigenvalue weighted by Crippen LogP contribution is 2.16. The molecule has 2 heterocycles. The highest BCUT2D eigenvalue weighted by atomic mass is 19.1. The lowest BCUT2D eigenvalue weighted by Gasteiger charge is -2.03. The van der Waals surface area contributed by atoms with Crippen molar-refractivity contribution in [2.24, 2.45) is 0 Å². The molecule has 0 radical (unpaired) electrons. The second-order valence-corrected chi connectivity index (χ2v) is 4.66. The smallest absolute Gasteiger partial charge is 0.252 e. The lowest BCUT2D eigenvalue weighted by atomic mass is 10.2. The Hall–Kier alpha value is -2.89. The molecule has 5 nitrogen and oxygen atoms in total. The number of aromatic amines is 1. The maximum absolute atomic E-state index is 13.1. The van der Waals surface area contributed by atoms with E-state index in [0.717, 1.165) is 16.6 Å². The number of halogens is 1. The van der Waals surface area contributed by atoms with Crippen LogP contribution in [0.25, 0.3) is 10.9 Å². The Labute approximate surface area is 119 Å². The number of rotatable bonds is 3. The summed E-state index contributed by atoms with van der Waals surface area (Å²) in [5.74, 6) is -0.576. The van der Waals surface area contributed by atoms with Crippen molar-refractivity contribution >= 4 is 16.8 Å². The summed E-state index contributed by atoms with van der Waals surface area (Å²) in [6.45, 7) is 0.293. The number of carbonyl (C=O) groups excluding carboxylic acids is 1. The lowest BCUT2D eigenvalue weighted by molar-refractivity contribution is -0.605. The molecule has 1 aromatic carbocycles. The Morgan fingerprint density at radius 1 is 1.24 bits per heavy atom. The lowest BCUT2D eigenvalue weighted by Crippen LogP contribution is -2.27. The summed E-state index contributed by atoms with van der Waals surface area (Å²) in [6.07, 6.45) is 2.53. The van der Waals surface area contributed by atoms with Crippen LogP contribution in [0.3, 0.4) is 0 Å². The van der Waals surface area contributed by atoms with Crippen molar-refractivity contribution in [1.82, 2.24) is 10.3 Å². The summed E-state index contributed by atoms with van der Waals surface area (Å²) < 4.78 is 13.7. The molecule has 106 valence electrons. The van der Waals surface area contributed by atoms with E-state index in [1.807, 2.05) is 0 Å². The quantitative estimate of drug-likeness (QED) is 0.569. The van der Waals surface area contributed by atoms with Crippen LogP contribution in [-0.4, -0.2) is 10.9 Å². The number of aromatic nitrogens is 2. The van der Waals surface area contributed by atoms with Crippen LogP contribution >= 0.6 is 0 Å². The van der Waals surface area contributed by atoms with Gasteiger partial charge in [0, 0.05) is 28.7 Å². The summed E-state index contributed by atoms with van der Waals surface area (Å²) in [7, 11) is 0. The first-order chi connectivity index (χ1) is 10.1. The highest BCUT2D eigenvalue weighted by Gasteiger charge is 2.08. The van der Waals surface area contributed by atoms with E-state index < -0.39 is 0 Å². The molecule has 21 heavy (non-hydrogen) atoms. The molecular formula is C15H12FN3O2. The largest absolute Gasteiger partial charge is 0.619 e. The van der Waals surface area contributed by atoms with E-state index in [1.54, 1.807) is 12.1 Å². The molecule has 2 N–H and O–H groups in total. The van der Waals surface area contributed by atoms with Crippen LogP contribution in [0, 0.1) is 11.0 Å². The van der Waals surface area contributed by atoms with Gasteiger partial charge in [0.1, 0.15) is 5.82 Å². The summed E-state index contributed by atoms with van der Waals surface area (Å²) in [5.41, 5.74) is 2.00. The minimum absolute atomic E-state index is 0.277. The van der Waals surface area contributed by atoms with Gasteiger partial charge >= 0.3 is 0 Å². The number of hydrogen-bond donors (Lipinski definition) is 2. The summed E-state index contributed by atoms with van der Waals surface area (Å²) >= 11 is 0. The van der Waals surface area contributed by atoms with Gasteiger partial charge in [0.05, 0.1) is 12.1 Å². The fraction of sp³-hybridized carbons (Fsp3) is 0.0667.